The van der Waals surface area contributed by atoms with Crippen molar-refractivity contribution in [2.45, 2.75) is 33.0 Å². The predicted octanol–water partition coefficient (Wildman–Crippen LogP) is 3.95. The molecule has 0 aliphatic heterocycles. The maximum atomic E-state index is 13.6. The quantitative estimate of drug-likeness (QED) is 0.486. The highest BCUT2D eigenvalue weighted by molar-refractivity contribution is 5.97. The molecule has 3 rings (SSSR count). The molecule has 0 bridgehead atoms. The summed E-state index contributed by atoms with van der Waals surface area (Å²) in [5.41, 5.74) is 0.827. The van der Waals surface area contributed by atoms with E-state index in [0.717, 1.165) is 0 Å². The van der Waals surface area contributed by atoms with Gasteiger partial charge in [-0.15, -0.1) is 0 Å². The number of halogens is 2. The molecule has 0 saturated heterocycles. The van der Waals surface area contributed by atoms with E-state index in [9.17, 15) is 18.4 Å². The number of rotatable bonds is 9. The fraction of sp³-hybridized carbons (Fsp3) is 0.348. The van der Waals surface area contributed by atoms with E-state index < -0.39 is 31.1 Å². The highest BCUT2D eigenvalue weighted by atomic mass is 19.3. The molecule has 0 radical (unpaired) electrons. The van der Waals surface area contributed by atoms with Crippen molar-refractivity contribution in [2.75, 3.05) is 14.2 Å². The Balaban J connectivity index is 1.76. The van der Waals surface area contributed by atoms with E-state index in [-0.39, 0.29) is 22.8 Å². The molecule has 10 heteroatoms. The van der Waals surface area contributed by atoms with Gasteiger partial charge in [0.15, 0.2) is 5.82 Å². The smallest absolute Gasteiger partial charge is 0.329 e. The summed E-state index contributed by atoms with van der Waals surface area (Å²) in [6.07, 6.45) is 0. The molecule has 1 aromatic heterocycles. The van der Waals surface area contributed by atoms with Crippen LogP contribution in [0.3, 0.4) is 0 Å². The molecule has 1 N–H and O–H groups in total. The lowest BCUT2D eigenvalue weighted by atomic mass is 10.0. The van der Waals surface area contributed by atoms with Crippen molar-refractivity contribution in [3.63, 3.8) is 0 Å². The second kappa shape index (κ2) is 10.3. The van der Waals surface area contributed by atoms with E-state index in [4.69, 9.17) is 14.2 Å². The first kappa shape index (κ1) is 24.0. The molecule has 176 valence electrons. The molecule has 1 amide bonds. The topological polar surface area (TPSA) is 91.7 Å². The summed E-state index contributed by atoms with van der Waals surface area (Å²) >= 11 is 0. The summed E-state index contributed by atoms with van der Waals surface area (Å²) in [6, 6.07) is 10.0. The summed E-state index contributed by atoms with van der Waals surface area (Å²) in [5, 5.41) is 2.64. The third-order valence-corrected chi connectivity index (χ3v) is 5.03. The largest absolute Gasteiger partial charge is 0.497 e. The number of benzene rings is 2. The minimum absolute atomic E-state index is 0.0917. The van der Waals surface area contributed by atoms with Crippen LogP contribution in [-0.4, -0.2) is 41.7 Å². The van der Waals surface area contributed by atoms with Gasteiger partial charge in [-0.1, -0.05) is 26.0 Å². The molecule has 0 fully saturated rings. The molecule has 33 heavy (non-hydrogen) atoms. The summed E-state index contributed by atoms with van der Waals surface area (Å²) in [4.78, 5) is 29.7. The maximum Gasteiger partial charge on any atom is 0.329 e. The number of carbonyl (C=O) groups is 2. The number of alkyl halides is 2. The molecule has 0 unspecified atom stereocenters. The first-order valence-corrected chi connectivity index (χ1v) is 10.2. The zero-order valence-electron chi connectivity index (χ0n) is 18.7. The Bertz CT molecular complexity index is 1120. The van der Waals surface area contributed by atoms with Gasteiger partial charge in [0.1, 0.15) is 24.1 Å². The number of hydrogen-bond donors (Lipinski definition) is 1. The molecular formula is C23H25F2N3O5. The van der Waals surface area contributed by atoms with E-state index in [2.05, 4.69) is 10.3 Å². The summed E-state index contributed by atoms with van der Waals surface area (Å²) in [6.45, 7) is 0.137. The summed E-state index contributed by atoms with van der Waals surface area (Å²) in [5.74, 6) is -0.902. The molecule has 0 saturated carbocycles. The molecule has 0 spiro atoms. The second-order valence-corrected chi connectivity index (χ2v) is 7.57. The lowest BCUT2D eigenvalue weighted by Crippen LogP contribution is -2.45. The number of hydrogen-bond acceptors (Lipinski definition) is 6. The number of amides is 1. The number of nitrogens with zero attached hydrogens (tertiary/aromatic N) is 2. The van der Waals surface area contributed by atoms with E-state index in [1.54, 1.807) is 38.1 Å². The zero-order valence-corrected chi connectivity index (χ0v) is 18.7. The molecule has 8 nitrogen and oxygen atoms in total. The van der Waals surface area contributed by atoms with Crippen molar-refractivity contribution in [3.05, 3.63) is 53.9 Å². The number of methoxy groups -OCH3 is 2. The number of esters is 1. The van der Waals surface area contributed by atoms with Crippen LogP contribution in [0.15, 0.2) is 42.5 Å². The Labute approximate surface area is 189 Å². The highest BCUT2D eigenvalue weighted by Crippen LogP contribution is 2.24. The minimum Gasteiger partial charge on any atom is -0.497 e. The number of para-hydroxylation sites is 2. The molecule has 1 heterocycles. The Morgan fingerprint density at radius 3 is 2.27 bits per heavy atom. The maximum absolute atomic E-state index is 13.6. The van der Waals surface area contributed by atoms with Gasteiger partial charge in [0, 0.05) is 11.6 Å². The van der Waals surface area contributed by atoms with Crippen molar-refractivity contribution in [3.8, 4) is 11.5 Å². The van der Waals surface area contributed by atoms with Crippen molar-refractivity contribution < 1.29 is 32.6 Å². The van der Waals surface area contributed by atoms with Crippen LogP contribution in [0.2, 0.25) is 0 Å². The fourth-order valence-corrected chi connectivity index (χ4v) is 3.30. The number of fused-ring (bicyclic) bond motifs is 1. The SMILES string of the molecule is COc1cc(OC)cc(C(=O)N[C@H](C(=O)OCc2nc3ccccc3n2C(F)F)C(C)C)c1. The van der Waals surface area contributed by atoms with Gasteiger partial charge < -0.3 is 19.5 Å². The molecule has 0 aliphatic rings. The average molecular weight is 461 g/mol. The van der Waals surface area contributed by atoms with Gasteiger partial charge in [-0.3, -0.25) is 9.36 Å². The van der Waals surface area contributed by atoms with Crippen molar-refractivity contribution >= 4 is 22.9 Å². The van der Waals surface area contributed by atoms with E-state index in [0.29, 0.717) is 21.6 Å². The highest BCUT2D eigenvalue weighted by Gasteiger charge is 2.28. The van der Waals surface area contributed by atoms with Gasteiger partial charge in [0.2, 0.25) is 0 Å². The van der Waals surface area contributed by atoms with Gasteiger partial charge in [-0.05, 0) is 30.2 Å². The zero-order chi connectivity index (χ0) is 24.1. The lowest BCUT2D eigenvalue weighted by molar-refractivity contribution is -0.149. The number of imidazole rings is 1. The number of ether oxygens (including phenoxy) is 3. The Morgan fingerprint density at radius 2 is 1.70 bits per heavy atom. The monoisotopic (exact) mass is 461 g/mol. The van der Waals surface area contributed by atoms with Crippen LogP contribution >= 0.6 is 0 Å². The predicted molar refractivity (Wildman–Crippen MR) is 116 cm³/mol. The number of nitrogens with one attached hydrogen (secondary N) is 1. The van der Waals surface area contributed by atoms with Crippen LogP contribution in [0.4, 0.5) is 8.78 Å². The van der Waals surface area contributed by atoms with Crippen LogP contribution in [0, 0.1) is 5.92 Å². The summed E-state index contributed by atoms with van der Waals surface area (Å²) in [7, 11) is 2.91. The first-order valence-electron chi connectivity index (χ1n) is 10.2. The van der Waals surface area contributed by atoms with Crippen molar-refractivity contribution in [1.29, 1.82) is 0 Å². The van der Waals surface area contributed by atoms with Gasteiger partial charge >= 0.3 is 12.5 Å². The van der Waals surface area contributed by atoms with Crippen LogP contribution in [-0.2, 0) is 16.1 Å². The Kier molecular flexibility index (Phi) is 7.47. The molecule has 0 aliphatic carbocycles. The fourth-order valence-electron chi connectivity index (χ4n) is 3.30. The molecule has 3 aromatic rings. The van der Waals surface area contributed by atoms with Gasteiger partial charge in [-0.2, -0.15) is 8.78 Å². The minimum atomic E-state index is -2.85. The molecule has 2 aromatic carbocycles. The van der Waals surface area contributed by atoms with Gasteiger partial charge in [-0.25, -0.2) is 9.78 Å². The van der Waals surface area contributed by atoms with E-state index in [1.165, 1.54) is 32.4 Å². The second-order valence-electron chi connectivity index (χ2n) is 7.57. The summed E-state index contributed by atoms with van der Waals surface area (Å²) < 4.78 is 43.5. The number of carbonyl (C=O) groups excluding carboxylic acids is 2. The molecule has 1 atom stereocenters. The first-order chi connectivity index (χ1) is 15.7. The van der Waals surface area contributed by atoms with Crippen molar-refractivity contribution in [1.82, 2.24) is 14.9 Å². The number of aromatic nitrogens is 2. The molecular weight excluding hydrogens is 436 g/mol. The average Bonchev–Trinajstić information content (AvgIpc) is 3.18. The van der Waals surface area contributed by atoms with Crippen LogP contribution in [0.1, 0.15) is 36.6 Å². The van der Waals surface area contributed by atoms with Crippen LogP contribution in [0.25, 0.3) is 11.0 Å². The van der Waals surface area contributed by atoms with Gasteiger partial charge in [0.25, 0.3) is 5.91 Å². The van der Waals surface area contributed by atoms with Crippen LogP contribution < -0.4 is 14.8 Å². The standard InChI is InChI=1S/C23H25F2N3O5/c1-13(2)20(27-21(29)14-9-15(31-3)11-16(10-14)32-4)22(30)33-12-19-26-17-7-5-6-8-18(17)28(19)23(24)25/h5-11,13,20,23H,12H2,1-4H3,(H,27,29)/t20-/m0/s1. The van der Waals surface area contributed by atoms with Crippen molar-refractivity contribution in [2.24, 2.45) is 5.92 Å². The Morgan fingerprint density at radius 1 is 1.06 bits per heavy atom. The van der Waals surface area contributed by atoms with Gasteiger partial charge in [0.05, 0.1) is 25.3 Å². The third-order valence-electron chi connectivity index (χ3n) is 5.03. The Hall–Kier alpha value is -3.69. The van der Waals surface area contributed by atoms with Crippen LogP contribution in [0.5, 0.6) is 11.5 Å². The normalized spacial score (nSPS) is 12.1. The van der Waals surface area contributed by atoms with E-state index >= 15 is 0 Å². The van der Waals surface area contributed by atoms with E-state index in [1.807, 2.05) is 0 Å². The third kappa shape index (κ3) is 5.39. The lowest BCUT2D eigenvalue weighted by Gasteiger charge is -2.21.